The standard InChI is InChI=1S/C22H11ClO/c23-13-10-17-15-6-2-1-5-14(15)16-7-3-4-12-8-9-18-22(20(12)16)21(17)19(11-13)24-18/h1-11H. The van der Waals surface area contributed by atoms with Crippen LogP contribution in [0.4, 0.5) is 0 Å². The topological polar surface area (TPSA) is 13.1 Å². The molecule has 1 nitrogen and oxygen atoms in total. The molecule has 0 aliphatic heterocycles. The zero-order valence-electron chi connectivity index (χ0n) is 12.6. The van der Waals surface area contributed by atoms with E-state index in [2.05, 4.69) is 60.7 Å². The molecule has 0 amide bonds. The van der Waals surface area contributed by atoms with E-state index in [1.807, 2.05) is 6.07 Å². The zero-order chi connectivity index (χ0) is 15.8. The van der Waals surface area contributed by atoms with Crippen molar-refractivity contribution in [3.63, 3.8) is 0 Å². The summed E-state index contributed by atoms with van der Waals surface area (Å²) in [6.45, 7) is 0. The fourth-order valence-corrected chi connectivity index (χ4v) is 4.33. The summed E-state index contributed by atoms with van der Waals surface area (Å²) in [7, 11) is 0. The lowest BCUT2D eigenvalue weighted by Crippen LogP contribution is -1.84. The van der Waals surface area contributed by atoms with E-state index in [0.717, 1.165) is 22.1 Å². The highest BCUT2D eigenvalue weighted by molar-refractivity contribution is 6.34. The predicted molar refractivity (Wildman–Crippen MR) is 101 cm³/mol. The molecule has 0 unspecified atom stereocenters. The first-order chi connectivity index (χ1) is 11.8. The SMILES string of the molecule is Clc1cc2c3c(c1)oc1ccc4cccc(c4c13)-c1ccccc1-2. The zero-order valence-corrected chi connectivity index (χ0v) is 13.4. The van der Waals surface area contributed by atoms with Crippen LogP contribution in [0.1, 0.15) is 0 Å². The van der Waals surface area contributed by atoms with Crippen LogP contribution in [0.2, 0.25) is 5.02 Å². The van der Waals surface area contributed by atoms with Gasteiger partial charge in [-0.25, -0.2) is 0 Å². The van der Waals surface area contributed by atoms with Crippen molar-refractivity contribution in [1.82, 2.24) is 0 Å². The number of benzene rings is 4. The second-order valence-electron chi connectivity index (χ2n) is 6.32. The van der Waals surface area contributed by atoms with Crippen molar-refractivity contribution in [3.05, 3.63) is 71.8 Å². The third-order valence-corrected chi connectivity index (χ3v) is 5.27. The first-order valence-electron chi connectivity index (χ1n) is 7.98. The maximum absolute atomic E-state index is 6.40. The third kappa shape index (κ3) is 1.41. The molecule has 24 heavy (non-hydrogen) atoms. The molecule has 0 radical (unpaired) electrons. The highest BCUT2D eigenvalue weighted by Gasteiger charge is 2.23. The Morgan fingerprint density at radius 1 is 0.583 bits per heavy atom. The molecule has 1 aromatic heterocycles. The van der Waals surface area contributed by atoms with Gasteiger partial charge < -0.3 is 4.42 Å². The van der Waals surface area contributed by atoms with E-state index in [4.69, 9.17) is 16.0 Å². The highest BCUT2D eigenvalue weighted by Crippen LogP contribution is 2.49. The Hall–Kier alpha value is -2.77. The van der Waals surface area contributed by atoms with Crippen LogP contribution in [0.5, 0.6) is 0 Å². The fourth-order valence-electron chi connectivity index (χ4n) is 4.12. The maximum Gasteiger partial charge on any atom is 0.137 e. The Morgan fingerprint density at radius 2 is 1.38 bits per heavy atom. The van der Waals surface area contributed by atoms with E-state index in [1.165, 1.54) is 32.8 Å². The summed E-state index contributed by atoms with van der Waals surface area (Å²) in [6.07, 6.45) is 0. The molecule has 0 saturated carbocycles. The Labute approximate surface area is 143 Å². The molecule has 0 atom stereocenters. The number of furan rings is 1. The molecule has 1 heterocycles. The van der Waals surface area contributed by atoms with Gasteiger partial charge in [-0.15, -0.1) is 0 Å². The number of hydrogen-bond acceptors (Lipinski definition) is 1. The Bertz CT molecular complexity index is 1310. The molecule has 5 aromatic rings. The molecule has 0 spiro atoms. The third-order valence-electron chi connectivity index (χ3n) is 5.05. The molecule has 0 fully saturated rings. The van der Waals surface area contributed by atoms with E-state index >= 15 is 0 Å². The largest absolute Gasteiger partial charge is 0.456 e. The molecule has 0 saturated heterocycles. The van der Waals surface area contributed by atoms with Gasteiger partial charge in [0.1, 0.15) is 11.2 Å². The van der Waals surface area contributed by atoms with Gasteiger partial charge in [0.25, 0.3) is 0 Å². The first-order valence-corrected chi connectivity index (χ1v) is 8.36. The van der Waals surface area contributed by atoms with E-state index in [1.54, 1.807) is 0 Å². The molecule has 0 N–H and O–H groups in total. The van der Waals surface area contributed by atoms with Crippen LogP contribution in [0.3, 0.4) is 0 Å². The molecule has 6 rings (SSSR count). The second kappa shape index (κ2) is 4.19. The molecular formula is C22H11ClO. The summed E-state index contributed by atoms with van der Waals surface area (Å²) in [6, 6.07) is 23.2. The van der Waals surface area contributed by atoms with Gasteiger partial charge in [0.15, 0.2) is 0 Å². The van der Waals surface area contributed by atoms with Gasteiger partial charge in [-0.2, -0.15) is 0 Å². The Balaban J connectivity index is 2.06. The van der Waals surface area contributed by atoms with E-state index in [9.17, 15) is 0 Å². The normalized spacial score (nSPS) is 12.4. The Kier molecular flexibility index (Phi) is 2.21. The van der Waals surface area contributed by atoms with Gasteiger partial charge in [0, 0.05) is 27.2 Å². The monoisotopic (exact) mass is 326 g/mol. The summed E-state index contributed by atoms with van der Waals surface area (Å²) in [5.41, 5.74) is 6.62. The smallest absolute Gasteiger partial charge is 0.137 e. The highest BCUT2D eigenvalue weighted by atomic mass is 35.5. The summed E-state index contributed by atoms with van der Waals surface area (Å²) in [4.78, 5) is 0. The van der Waals surface area contributed by atoms with Gasteiger partial charge >= 0.3 is 0 Å². The van der Waals surface area contributed by atoms with E-state index in [-0.39, 0.29) is 0 Å². The van der Waals surface area contributed by atoms with Crippen LogP contribution < -0.4 is 0 Å². The summed E-state index contributed by atoms with van der Waals surface area (Å²) >= 11 is 6.40. The number of rotatable bonds is 0. The minimum atomic E-state index is 0.702. The first kappa shape index (κ1) is 12.6. The lowest BCUT2D eigenvalue weighted by atomic mass is 9.94. The van der Waals surface area contributed by atoms with Crippen molar-refractivity contribution >= 4 is 44.3 Å². The van der Waals surface area contributed by atoms with Crippen molar-refractivity contribution in [2.45, 2.75) is 0 Å². The van der Waals surface area contributed by atoms with Crippen LogP contribution in [0, 0.1) is 0 Å². The molecular weight excluding hydrogens is 316 g/mol. The second-order valence-corrected chi connectivity index (χ2v) is 6.75. The van der Waals surface area contributed by atoms with Crippen molar-refractivity contribution in [2.75, 3.05) is 0 Å². The molecule has 1 aliphatic carbocycles. The lowest BCUT2D eigenvalue weighted by Gasteiger charge is -2.11. The van der Waals surface area contributed by atoms with Crippen molar-refractivity contribution < 1.29 is 4.42 Å². The van der Waals surface area contributed by atoms with Gasteiger partial charge in [-0.1, -0.05) is 60.1 Å². The number of halogens is 1. The molecule has 1 aliphatic rings. The molecule has 2 heteroatoms. The van der Waals surface area contributed by atoms with Crippen LogP contribution >= 0.6 is 11.6 Å². The van der Waals surface area contributed by atoms with Crippen LogP contribution in [0.15, 0.2) is 71.1 Å². The quantitative estimate of drug-likeness (QED) is 0.292. The summed E-state index contributed by atoms with van der Waals surface area (Å²) in [5.74, 6) is 0. The molecule has 4 aromatic carbocycles. The van der Waals surface area contributed by atoms with Gasteiger partial charge in [-0.05, 0) is 39.8 Å². The summed E-state index contributed by atoms with van der Waals surface area (Å²) in [5, 5.41) is 5.56. The van der Waals surface area contributed by atoms with Gasteiger partial charge in [-0.3, -0.25) is 0 Å². The fraction of sp³-hybridized carbons (Fsp3) is 0. The van der Waals surface area contributed by atoms with Crippen molar-refractivity contribution in [2.24, 2.45) is 0 Å². The summed E-state index contributed by atoms with van der Waals surface area (Å²) < 4.78 is 6.14. The van der Waals surface area contributed by atoms with E-state index < -0.39 is 0 Å². The van der Waals surface area contributed by atoms with Crippen LogP contribution in [-0.4, -0.2) is 0 Å². The van der Waals surface area contributed by atoms with Crippen molar-refractivity contribution in [1.29, 1.82) is 0 Å². The Morgan fingerprint density at radius 3 is 2.25 bits per heavy atom. The predicted octanol–water partition coefficient (Wildman–Crippen LogP) is 7.04. The van der Waals surface area contributed by atoms with Crippen LogP contribution in [0.25, 0.3) is 55.0 Å². The van der Waals surface area contributed by atoms with Crippen molar-refractivity contribution in [3.8, 4) is 22.3 Å². The average Bonchev–Trinajstić information content (AvgIpc) is 2.92. The number of fused-ring (bicyclic) bond motifs is 3. The minimum Gasteiger partial charge on any atom is -0.456 e. The average molecular weight is 327 g/mol. The van der Waals surface area contributed by atoms with Crippen LogP contribution in [-0.2, 0) is 0 Å². The van der Waals surface area contributed by atoms with Gasteiger partial charge in [0.05, 0.1) is 0 Å². The van der Waals surface area contributed by atoms with Gasteiger partial charge in [0.2, 0.25) is 0 Å². The lowest BCUT2D eigenvalue weighted by molar-refractivity contribution is 0.669. The maximum atomic E-state index is 6.40. The van der Waals surface area contributed by atoms with E-state index in [0.29, 0.717) is 5.02 Å². The molecule has 112 valence electrons. The minimum absolute atomic E-state index is 0.702. The molecule has 0 bridgehead atoms. The number of hydrogen-bond donors (Lipinski definition) is 0.